The monoisotopic (exact) mass is 397 g/mol. The molecule has 28 heavy (non-hydrogen) atoms. The molecule has 0 saturated carbocycles. The molecule has 10 heteroatoms. The van der Waals surface area contributed by atoms with Crippen LogP contribution in [0, 0.1) is 10.1 Å². The number of ether oxygens (including phenoxy) is 2. The maximum atomic E-state index is 13.6. The van der Waals surface area contributed by atoms with Crippen LogP contribution in [0.15, 0.2) is 36.4 Å². The zero-order valence-corrected chi connectivity index (χ0v) is 14.7. The molecule has 0 bridgehead atoms. The summed E-state index contributed by atoms with van der Waals surface area (Å²) in [6, 6.07) is 6.15. The van der Waals surface area contributed by atoms with Gasteiger partial charge in [-0.05, 0) is 29.3 Å². The van der Waals surface area contributed by atoms with Gasteiger partial charge in [0.1, 0.15) is 12.4 Å². The second-order valence-corrected chi connectivity index (χ2v) is 5.68. The Morgan fingerprint density at radius 1 is 1.04 bits per heavy atom. The lowest BCUT2D eigenvalue weighted by atomic mass is 9.94. The fourth-order valence-corrected chi connectivity index (χ4v) is 2.48. The first kappa shape index (κ1) is 20.9. The molecule has 7 nitrogen and oxygen atoms in total. The molecule has 2 aromatic carbocycles. The Morgan fingerprint density at radius 3 is 2.21 bits per heavy atom. The van der Waals surface area contributed by atoms with Crippen LogP contribution in [0.25, 0.3) is 11.1 Å². The van der Waals surface area contributed by atoms with Gasteiger partial charge >= 0.3 is 18.1 Å². The Bertz CT molecular complexity index is 939. The van der Waals surface area contributed by atoms with Crippen molar-refractivity contribution in [2.45, 2.75) is 26.6 Å². The average molecular weight is 397 g/mol. The second kappa shape index (κ2) is 8.07. The molecule has 0 amide bonds. The van der Waals surface area contributed by atoms with Crippen molar-refractivity contribution >= 4 is 17.6 Å². The molecule has 0 unspecified atom stereocenters. The van der Waals surface area contributed by atoms with E-state index < -0.39 is 35.2 Å². The van der Waals surface area contributed by atoms with Gasteiger partial charge in [-0.2, -0.15) is 13.2 Å². The van der Waals surface area contributed by atoms with Crippen LogP contribution in [0.1, 0.15) is 25.0 Å². The van der Waals surface area contributed by atoms with E-state index in [1.165, 1.54) is 6.07 Å². The van der Waals surface area contributed by atoms with Gasteiger partial charge < -0.3 is 9.47 Å². The molecule has 0 aliphatic rings. The number of nitrogens with zero attached hydrogens (tertiary/aromatic N) is 1. The quantitative estimate of drug-likeness (QED) is 0.324. The van der Waals surface area contributed by atoms with Crippen LogP contribution in [0.4, 0.5) is 18.9 Å². The summed E-state index contributed by atoms with van der Waals surface area (Å²) in [5.41, 5.74) is -1.76. The van der Waals surface area contributed by atoms with Crippen molar-refractivity contribution < 1.29 is 37.2 Å². The summed E-state index contributed by atoms with van der Waals surface area (Å²) >= 11 is 0. The number of rotatable bonds is 5. The zero-order chi connectivity index (χ0) is 21.1. The van der Waals surface area contributed by atoms with E-state index in [4.69, 9.17) is 9.47 Å². The number of hydrogen-bond donors (Lipinski definition) is 0. The van der Waals surface area contributed by atoms with E-state index in [0.717, 1.165) is 38.1 Å². The molecular formula is C18H14F3NO6. The minimum Gasteiger partial charge on any atom is -0.461 e. The standard InChI is InChI=1S/C18H14F3NO6/c1-10(23)27-9-12-7-13(22(25)26)3-5-15(12)16-6-4-14(28-11(2)24)8-17(16)18(19,20)21/h3-8H,9H2,1-2H3. The minimum atomic E-state index is -4.80. The lowest BCUT2D eigenvalue weighted by molar-refractivity contribution is -0.384. The summed E-state index contributed by atoms with van der Waals surface area (Å²) in [5, 5.41) is 11.0. The Hall–Kier alpha value is -3.43. The van der Waals surface area contributed by atoms with Crippen molar-refractivity contribution in [2.24, 2.45) is 0 Å². The van der Waals surface area contributed by atoms with Crippen molar-refractivity contribution in [2.75, 3.05) is 0 Å². The SMILES string of the molecule is CC(=O)OCc1cc([N+](=O)[O-])ccc1-c1ccc(OC(C)=O)cc1C(F)(F)F. The van der Waals surface area contributed by atoms with Gasteiger partial charge in [-0.1, -0.05) is 6.07 Å². The van der Waals surface area contributed by atoms with E-state index in [1.54, 1.807) is 0 Å². The van der Waals surface area contributed by atoms with Crippen LogP contribution in [-0.4, -0.2) is 16.9 Å². The van der Waals surface area contributed by atoms with Crippen molar-refractivity contribution in [1.82, 2.24) is 0 Å². The molecular weight excluding hydrogens is 383 g/mol. The van der Waals surface area contributed by atoms with E-state index in [1.807, 2.05) is 0 Å². The van der Waals surface area contributed by atoms with Gasteiger partial charge in [0.25, 0.3) is 5.69 Å². The van der Waals surface area contributed by atoms with Gasteiger partial charge in [0, 0.05) is 31.5 Å². The molecule has 0 spiro atoms. The third-order valence-corrected chi connectivity index (χ3v) is 3.58. The topological polar surface area (TPSA) is 95.7 Å². The third kappa shape index (κ3) is 5.06. The highest BCUT2D eigenvalue weighted by Gasteiger charge is 2.35. The van der Waals surface area contributed by atoms with Gasteiger partial charge in [-0.25, -0.2) is 0 Å². The summed E-state index contributed by atoms with van der Waals surface area (Å²) in [5.74, 6) is -1.78. The van der Waals surface area contributed by atoms with Crippen LogP contribution in [0.5, 0.6) is 5.75 Å². The normalized spacial score (nSPS) is 11.0. The van der Waals surface area contributed by atoms with Crippen LogP contribution in [0.3, 0.4) is 0 Å². The molecule has 0 aliphatic heterocycles. The van der Waals surface area contributed by atoms with Gasteiger partial charge in [0.05, 0.1) is 10.5 Å². The van der Waals surface area contributed by atoms with Crippen LogP contribution < -0.4 is 4.74 Å². The number of carbonyl (C=O) groups is 2. The lowest BCUT2D eigenvalue weighted by Gasteiger charge is -2.17. The fraction of sp³-hybridized carbons (Fsp3) is 0.222. The molecule has 0 heterocycles. The first-order chi connectivity index (χ1) is 13.0. The third-order valence-electron chi connectivity index (χ3n) is 3.58. The lowest BCUT2D eigenvalue weighted by Crippen LogP contribution is -2.10. The molecule has 0 atom stereocenters. The molecule has 2 rings (SSSR count). The molecule has 0 aromatic heterocycles. The van der Waals surface area contributed by atoms with E-state index in [9.17, 15) is 32.9 Å². The first-order valence-corrected chi connectivity index (χ1v) is 7.79. The van der Waals surface area contributed by atoms with E-state index in [-0.39, 0.29) is 28.1 Å². The molecule has 0 aliphatic carbocycles. The van der Waals surface area contributed by atoms with Gasteiger partial charge in [0.15, 0.2) is 0 Å². The van der Waals surface area contributed by atoms with E-state index in [2.05, 4.69) is 0 Å². The summed E-state index contributed by atoms with van der Waals surface area (Å²) in [4.78, 5) is 32.4. The number of halogens is 3. The Balaban J connectivity index is 2.66. The molecule has 0 fully saturated rings. The molecule has 2 aromatic rings. The second-order valence-electron chi connectivity index (χ2n) is 5.68. The maximum absolute atomic E-state index is 13.6. The minimum absolute atomic E-state index is 0.00597. The summed E-state index contributed by atoms with van der Waals surface area (Å²) in [7, 11) is 0. The summed E-state index contributed by atoms with van der Waals surface area (Å²) in [6.07, 6.45) is -4.80. The van der Waals surface area contributed by atoms with E-state index >= 15 is 0 Å². The first-order valence-electron chi connectivity index (χ1n) is 7.79. The highest BCUT2D eigenvalue weighted by atomic mass is 19.4. The number of benzene rings is 2. The zero-order valence-electron chi connectivity index (χ0n) is 14.7. The van der Waals surface area contributed by atoms with Crippen molar-refractivity contribution in [1.29, 1.82) is 0 Å². The number of carbonyl (C=O) groups excluding carboxylic acids is 2. The molecule has 0 saturated heterocycles. The maximum Gasteiger partial charge on any atom is 0.417 e. The molecule has 0 N–H and O–H groups in total. The number of nitro groups is 1. The smallest absolute Gasteiger partial charge is 0.417 e. The largest absolute Gasteiger partial charge is 0.461 e. The van der Waals surface area contributed by atoms with Gasteiger partial charge in [-0.15, -0.1) is 0 Å². The predicted octanol–water partition coefficient (Wildman–Crippen LogP) is 4.27. The highest BCUT2D eigenvalue weighted by Crippen LogP contribution is 2.41. The van der Waals surface area contributed by atoms with Crippen LogP contribution in [-0.2, 0) is 27.1 Å². The Kier molecular flexibility index (Phi) is 6.02. The number of non-ortho nitro benzene ring substituents is 1. The number of esters is 2. The van der Waals surface area contributed by atoms with E-state index in [0.29, 0.717) is 6.07 Å². The van der Waals surface area contributed by atoms with Crippen LogP contribution >= 0.6 is 0 Å². The predicted molar refractivity (Wildman–Crippen MR) is 90.3 cm³/mol. The summed E-state index contributed by atoms with van der Waals surface area (Å²) < 4.78 is 50.2. The van der Waals surface area contributed by atoms with Gasteiger partial charge in [0.2, 0.25) is 0 Å². The van der Waals surface area contributed by atoms with Gasteiger partial charge in [-0.3, -0.25) is 19.7 Å². The molecule has 148 valence electrons. The van der Waals surface area contributed by atoms with Crippen molar-refractivity contribution in [3.8, 4) is 16.9 Å². The average Bonchev–Trinajstić information content (AvgIpc) is 2.58. The fourth-order valence-electron chi connectivity index (χ4n) is 2.48. The number of nitro benzene ring substituents is 1. The number of hydrogen-bond acceptors (Lipinski definition) is 6. The summed E-state index contributed by atoms with van der Waals surface area (Å²) in [6.45, 7) is 1.70. The number of alkyl halides is 3. The Morgan fingerprint density at radius 2 is 1.68 bits per heavy atom. The Labute approximate surface area is 156 Å². The van der Waals surface area contributed by atoms with Crippen molar-refractivity contribution in [3.05, 3.63) is 57.6 Å². The van der Waals surface area contributed by atoms with Crippen molar-refractivity contribution in [3.63, 3.8) is 0 Å². The highest BCUT2D eigenvalue weighted by molar-refractivity contribution is 5.75. The molecule has 0 radical (unpaired) electrons. The van der Waals surface area contributed by atoms with Crippen LogP contribution in [0.2, 0.25) is 0 Å².